The fraction of sp³-hybridized carbons (Fsp3) is 0.429. The van der Waals surface area contributed by atoms with Gasteiger partial charge in [-0.05, 0) is 42.1 Å². The van der Waals surface area contributed by atoms with Gasteiger partial charge in [-0.3, -0.25) is 9.59 Å². The van der Waals surface area contributed by atoms with E-state index in [9.17, 15) is 18.4 Å². The van der Waals surface area contributed by atoms with Crippen molar-refractivity contribution in [3.63, 3.8) is 0 Å². The summed E-state index contributed by atoms with van der Waals surface area (Å²) in [4.78, 5) is 23.4. The lowest BCUT2D eigenvalue weighted by atomic mass is 9.84. The van der Waals surface area contributed by atoms with Crippen LogP contribution >= 0.6 is 11.6 Å². The number of benzene rings is 1. The number of halogens is 3. The first-order chi connectivity index (χ1) is 9.37. The van der Waals surface area contributed by atoms with E-state index in [1.54, 1.807) is 13.8 Å². The van der Waals surface area contributed by atoms with Crippen molar-refractivity contribution in [2.75, 3.05) is 0 Å². The Balaban J connectivity index is 2.80. The molecule has 0 aliphatic carbocycles. The Morgan fingerprint density at radius 3 is 2.25 bits per heavy atom. The molecule has 0 N–H and O–H groups in total. The van der Waals surface area contributed by atoms with Crippen LogP contribution in [0.3, 0.4) is 0 Å². The smallest absolute Gasteiger partial charge is 0.321 e. The summed E-state index contributed by atoms with van der Waals surface area (Å²) >= 11 is 5.47. The normalized spacial score (nSPS) is 11.2. The standard InChI is InChI=1S/C14H15ClF2O3/c1-3-14(4-2,12(15)18)13(19)20-8-9-5-6-10(16)11(17)7-9/h5-7H,3-4,8H2,1-2H3. The molecule has 0 aromatic heterocycles. The van der Waals surface area contributed by atoms with Crippen LogP contribution in [0, 0.1) is 17.0 Å². The van der Waals surface area contributed by atoms with Gasteiger partial charge in [0.05, 0.1) is 0 Å². The Morgan fingerprint density at radius 2 is 1.80 bits per heavy atom. The highest BCUT2D eigenvalue weighted by molar-refractivity contribution is 6.66. The summed E-state index contributed by atoms with van der Waals surface area (Å²) in [6.07, 6.45) is 0.422. The molecule has 1 aromatic carbocycles. The maximum absolute atomic E-state index is 13.0. The highest BCUT2D eigenvalue weighted by atomic mass is 35.5. The van der Waals surface area contributed by atoms with Gasteiger partial charge in [0.1, 0.15) is 12.0 Å². The summed E-state index contributed by atoms with van der Waals surface area (Å²) in [5.41, 5.74) is -1.10. The highest BCUT2D eigenvalue weighted by Gasteiger charge is 2.43. The first kappa shape index (κ1) is 16.6. The molecule has 0 fully saturated rings. The molecule has 1 rings (SSSR count). The Labute approximate surface area is 120 Å². The molecule has 6 heteroatoms. The van der Waals surface area contributed by atoms with Crippen LogP contribution in [0.5, 0.6) is 0 Å². The van der Waals surface area contributed by atoms with Crippen molar-refractivity contribution in [3.8, 4) is 0 Å². The van der Waals surface area contributed by atoms with Crippen LogP contribution in [-0.2, 0) is 20.9 Å². The molecule has 0 heterocycles. The molecule has 0 aliphatic rings. The van der Waals surface area contributed by atoms with E-state index in [1.165, 1.54) is 6.07 Å². The second-order valence-electron chi connectivity index (χ2n) is 4.39. The van der Waals surface area contributed by atoms with Crippen LogP contribution in [-0.4, -0.2) is 11.2 Å². The average Bonchev–Trinajstić information content (AvgIpc) is 2.41. The molecule has 0 saturated carbocycles. The Kier molecular flexibility index (Phi) is 5.62. The van der Waals surface area contributed by atoms with Gasteiger partial charge in [-0.25, -0.2) is 8.78 Å². The number of hydrogen-bond acceptors (Lipinski definition) is 3. The van der Waals surface area contributed by atoms with E-state index in [-0.39, 0.29) is 19.4 Å². The van der Waals surface area contributed by atoms with Crippen molar-refractivity contribution in [3.05, 3.63) is 35.4 Å². The number of ether oxygens (including phenoxy) is 1. The van der Waals surface area contributed by atoms with Gasteiger partial charge in [0.25, 0.3) is 0 Å². The molecule has 0 saturated heterocycles. The first-order valence-electron chi connectivity index (χ1n) is 6.18. The molecular formula is C14H15ClF2O3. The molecule has 20 heavy (non-hydrogen) atoms. The largest absolute Gasteiger partial charge is 0.460 e. The van der Waals surface area contributed by atoms with Crippen molar-refractivity contribution in [1.29, 1.82) is 0 Å². The molecule has 110 valence electrons. The summed E-state index contributed by atoms with van der Waals surface area (Å²) in [5, 5.41) is -0.780. The number of hydrogen-bond donors (Lipinski definition) is 0. The Bertz CT molecular complexity index is 513. The molecule has 0 unspecified atom stereocenters. The topological polar surface area (TPSA) is 43.4 Å². The number of carbonyl (C=O) groups excluding carboxylic acids is 2. The zero-order valence-electron chi connectivity index (χ0n) is 11.2. The Hall–Kier alpha value is -1.49. The summed E-state index contributed by atoms with van der Waals surface area (Å²) in [6.45, 7) is 3.06. The van der Waals surface area contributed by atoms with Crippen LogP contribution in [0.1, 0.15) is 32.3 Å². The minimum absolute atomic E-state index is 0.211. The fourth-order valence-corrected chi connectivity index (χ4v) is 2.16. The van der Waals surface area contributed by atoms with Crippen molar-refractivity contribution >= 4 is 22.8 Å². The van der Waals surface area contributed by atoms with E-state index in [0.717, 1.165) is 12.1 Å². The molecule has 0 amide bonds. The third kappa shape index (κ3) is 3.33. The molecule has 0 spiro atoms. The average molecular weight is 305 g/mol. The summed E-state index contributed by atoms with van der Waals surface area (Å²) in [5.74, 6) is -2.76. The number of carbonyl (C=O) groups is 2. The Morgan fingerprint density at radius 1 is 1.20 bits per heavy atom. The van der Waals surface area contributed by atoms with Gasteiger partial charge < -0.3 is 4.74 Å². The zero-order chi connectivity index (χ0) is 15.3. The maximum atomic E-state index is 13.0. The van der Waals surface area contributed by atoms with Crippen molar-refractivity contribution in [1.82, 2.24) is 0 Å². The molecular weight excluding hydrogens is 290 g/mol. The highest BCUT2D eigenvalue weighted by Crippen LogP contribution is 2.31. The van der Waals surface area contributed by atoms with Gasteiger partial charge in [-0.15, -0.1) is 0 Å². The monoisotopic (exact) mass is 304 g/mol. The van der Waals surface area contributed by atoms with Crippen LogP contribution in [0.25, 0.3) is 0 Å². The molecule has 3 nitrogen and oxygen atoms in total. The van der Waals surface area contributed by atoms with Crippen molar-refractivity contribution < 1.29 is 23.1 Å². The van der Waals surface area contributed by atoms with Gasteiger partial charge in [-0.1, -0.05) is 19.9 Å². The predicted octanol–water partition coefficient (Wildman–Crippen LogP) is 3.58. The lowest BCUT2D eigenvalue weighted by Crippen LogP contribution is -2.37. The maximum Gasteiger partial charge on any atom is 0.321 e. The van der Waals surface area contributed by atoms with Crippen molar-refractivity contribution in [2.24, 2.45) is 5.41 Å². The van der Waals surface area contributed by atoms with Crippen LogP contribution in [0.4, 0.5) is 8.78 Å². The third-order valence-electron chi connectivity index (χ3n) is 3.33. The van der Waals surface area contributed by atoms with E-state index >= 15 is 0 Å². The van der Waals surface area contributed by atoms with Crippen LogP contribution in [0.2, 0.25) is 0 Å². The van der Waals surface area contributed by atoms with Crippen molar-refractivity contribution in [2.45, 2.75) is 33.3 Å². The van der Waals surface area contributed by atoms with Gasteiger partial charge in [0.15, 0.2) is 11.6 Å². The van der Waals surface area contributed by atoms with E-state index in [4.69, 9.17) is 16.3 Å². The quantitative estimate of drug-likeness (QED) is 0.458. The molecule has 0 radical (unpaired) electrons. The second kappa shape index (κ2) is 6.79. The van der Waals surface area contributed by atoms with Crippen LogP contribution < -0.4 is 0 Å². The van der Waals surface area contributed by atoms with Crippen LogP contribution in [0.15, 0.2) is 18.2 Å². The predicted molar refractivity (Wildman–Crippen MR) is 70.0 cm³/mol. The zero-order valence-corrected chi connectivity index (χ0v) is 12.0. The second-order valence-corrected chi connectivity index (χ2v) is 4.73. The molecule has 0 atom stereocenters. The fourth-order valence-electron chi connectivity index (χ4n) is 1.81. The van der Waals surface area contributed by atoms with E-state index in [1.807, 2.05) is 0 Å². The summed E-state index contributed by atoms with van der Waals surface area (Å²) < 4.78 is 30.8. The molecule has 0 bridgehead atoms. The van der Waals surface area contributed by atoms with Gasteiger partial charge in [-0.2, -0.15) is 0 Å². The van der Waals surface area contributed by atoms with E-state index in [2.05, 4.69) is 0 Å². The number of esters is 1. The van der Waals surface area contributed by atoms with Gasteiger partial charge in [0, 0.05) is 0 Å². The van der Waals surface area contributed by atoms with E-state index < -0.39 is 28.3 Å². The van der Waals surface area contributed by atoms with Gasteiger partial charge >= 0.3 is 5.97 Å². The number of rotatable bonds is 6. The summed E-state index contributed by atoms with van der Waals surface area (Å²) in [6, 6.07) is 3.18. The molecule has 1 aromatic rings. The third-order valence-corrected chi connectivity index (χ3v) is 3.69. The van der Waals surface area contributed by atoms with E-state index in [0.29, 0.717) is 5.56 Å². The first-order valence-corrected chi connectivity index (χ1v) is 6.56. The lowest BCUT2D eigenvalue weighted by Gasteiger charge is -2.24. The van der Waals surface area contributed by atoms with Gasteiger partial charge in [0.2, 0.25) is 5.24 Å². The minimum atomic E-state index is -1.39. The summed E-state index contributed by atoms with van der Waals surface area (Å²) in [7, 11) is 0. The minimum Gasteiger partial charge on any atom is -0.460 e. The molecule has 0 aliphatic heterocycles. The SMILES string of the molecule is CCC(CC)(C(=O)Cl)C(=O)OCc1ccc(F)c(F)c1. The lowest BCUT2D eigenvalue weighted by molar-refractivity contribution is -0.160.